The van der Waals surface area contributed by atoms with Crippen molar-refractivity contribution in [1.29, 1.82) is 0 Å². The van der Waals surface area contributed by atoms with Crippen molar-refractivity contribution in [1.82, 2.24) is 0 Å². The van der Waals surface area contributed by atoms with E-state index in [0.29, 0.717) is 6.08 Å². The molecule has 0 atom stereocenters. The zero-order valence-corrected chi connectivity index (χ0v) is 6.92. The van der Waals surface area contributed by atoms with E-state index in [0.717, 1.165) is 0 Å². The van der Waals surface area contributed by atoms with E-state index in [-0.39, 0.29) is 6.08 Å². The minimum atomic E-state index is -3.81. The zero-order chi connectivity index (χ0) is 11.4. The van der Waals surface area contributed by atoms with E-state index in [1.54, 1.807) is 0 Å². The van der Waals surface area contributed by atoms with E-state index in [2.05, 4.69) is 0 Å². The second-order valence-corrected chi connectivity index (χ2v) is 3.00. The van der Waals surface area contributed by atoms with Crippen molar-refractivity contribution in [3.63, 3.8) is 0 Å². The molecule has 0 fully saturated rings. The van der Waals surface area contributed by atoms with Crippen LogP contribution in [0.15, 0.2) is 6.08 Å². The van der Waals surface area contributed by atoms with Gasteiger partial charge in [0.15, 0.2) is 23.3 Å². The Kier molecular flexibility index (Phi) is 1.86. The van der Waals surface area contributed by atoms with Gasteiger partial charge in [0.2, 0.25) is 0 Å². The van der Waals surface area contributed by atoms with Gasteiger partial charge in [-0.2, -0.15) is 8.78 Å². The first-order valence-electron chi connectivity index (χ1n) is 3.79. The molecule has 2 rings (SSSR count). The van der Waals surface area contributed by atoms with Crippen LogP contribution >= 0.6 is 0 Å². The lowest BCUT2D eigenvalue weighted by molar-refractivity contribution is 0.0504. The van der Waals surface area contributed by atoms with Crippen LogP contribution in [0.4, 0.5) is 26.3 Å². The van der Waals surface area contributed by atoms with Gasteiger partial charge >= 0.3 is 0 Å². The van der Waals surface area contributed by atoms with Crippen LogP contribution in [0.5, 0.6) is 0 Å². The molecule has 0 aromatic heterocycles. The highest BCUT2D eigenvalue weighted by molar-refractivity contribution is 5.64. The molecule has 1 aromatic rings. The summed E-state index contributed by atoms with van der Waals surface area (Å²) in [6.45, 7) is 0. The first-order valence-corrected chi connectivity index (χ1v) is 3.79. The van der Waals surface area contributed by atoms with E-state index < -0.39 is 40.3 Å². The number of allylic oxidation sites excluding steroid dienone is 1. The summed E-state index contributed by atoms with van der Waals surface area (Å²) in [7, 11) is 0. The minimum Gasteiger partial charge on any atom is -0.203 e. The molecule has 1 aliphatic rings. The zero-order valence-electron chi connectivity index (χ0n) is 6.92. The number of benzene rings is 1. The van der Waals surface area contributed by atoms with E-state index in [9.17, 15) is 26.3 Å². The molecule has 0 heterocycles. The van der Waals surface area contributed by atoms with Crippen LogP contribution in [-0.2, 0) is 5.92 Å². The first kappa shape index (κ1) is 10.1. The maximum absolute atomic E-state index is 12.9. The Morgan fingerprint density at radius 2 is 1.33 bits per heavy atom. The summed E-state index contributed by atoms with van der Waals surface area (Å²) >= 11 is 0. The van der Waals surface area contributed by atoms with Crippen molar-refractivity contribution in [2.75, 3.05) is 0 Å². The molecule has 0 spiro atoms. The third-order valence-electron chi connectivity index (χ3n) is 2.10. The fourth-order valence-corrected chi connectivity index (χ4v) is 1.40. The van der Waals surface area contributed by atoms with Gasteiger partial charge in [0.1, 0.15) is 0 Å². The van der Waals surface area contributed by atoms with Gasteiger partial charge in [-0.25, -0.2) is 17.6 Å². The summed E-state index contributed by atoms with van der Waals surface area (Å²) in [4.78, 5) is 0. The lowest BCUT2D eigenvalue weighted by Crippen LogP contribution is -2.13. The predicted molar refractivity (Wildman–Crippen MR) is 39.2 cm³/mol. The SMILES string of the molecule is Fc1c(F)c(F)c2c(c1F)C=CC2(F)F. The molecule has 1 aromatic carbocycles. The monoisotopic (exact) mass is 224 g/mol. The van der Waals surface area contributed by atoms with E-state index >= 15 is 0 Å². The number of halogens is 6. The largest absolute Gasteiger partial charge is 0.295 e. The number of rotatable bonds is 0. The summed E-state index contributed by atoms with van der Waals surface area (Å²) in [6, 6.07) is 0. The first-order chi connectivity index (χ1) is 6.86. The van der Waals surface area contributed by atoms with E-state index in [1.165, 1.54) is 0 Å². The maximum Gasteiger partial charge on any atom is 0.295 e. The summed E-state index contributed by atoms with van der Waals surface area (Å²) < 4.78 is 76.9. The third kappa shape index (κ3) is 1.17. The van der Waals surface area contributed by atoms with Gasteiger partial charge in [-0.3, -0.25) is 0 Å². The standard InChI is InChI=1S/C9H2F6/c10-5-3-1-2-9(14,15)4(3)6(11)8(13)7(5)12/h1-2H. The van der Waals surface area contributed by atoms with Crippen LogP contribution in [0.1, 0.15) is 11.1 Å². The molecule has 0 aliphatic heterocycles. The van der Waals surface area contributed by atoms with Gasteiger partial charge in [-0.1, -0.05) is 0 Å². The van der Waals surface area contributed by atoms with Gasteiger partial charge in [0, 0.05) is 5.56 Å². The smallest absolute Gasteiger partial charge is 0.203 e. The van der Waals surface area contributed by atoms with Crippen LogP contribution in [-0.4, -0.2) is 0 Å². The van der Waals surface area contributed by atoms with Gasteiger partial charge in [-0.05, 0) is 12.2 Å². The number of hydrogen-bond acceptors (Lipinski definition) is 0. The Morgan fingerprint density at radius 3 is 1.93 bits per heavy atom. The molecule has 15 heavy (non-hydrogen) atoms. The van der Waals surface area contributed by atoms with Crippen LogP contribution in [0, 0.1) is 23.3 Å². The Bertz CT molecular complexity index is 474. The Hall–Kier alpha value is -1.46. The summed E-state index contributed by atoms with van der Waals surface area (Å²) in [5.74, 6) is -12.0. The van der Waals surface area contributed by atoms with Crippen LogP contribution in [0.3, 0.4) is 0 Å². The Labute approximate surface area is 79.8 Å². The average Bonchev–Trinajstić information content (AvgIpc) is 2.48. The molecule has 0 nitrogen and oxygen atoms in total. The van der Waals surface area contributed by atoms with Gasteiger partial charge in [0.05, 0.1) is 5.56 Å². The van der Waals surface area contributed by atoms with Crippen molar-refractivity contribution < 1.29 is 26.3 Å². The quantitative estimate of drug-likeness (QED) is 0.360. The van der Waals surface area contributed by atoms with Crippen molar-refractivity contribution in [3.05, 3.63) is 40.5 Å². The molecule has 0 unspecified atom stereocenters. The number of fused-ring (bicyclic) bond motifs is 1. The molecule has 0 amide bonds. The van der Waals surface area contributed by atoms with Crippen LogP contribution in [0.2, 0.25) is 0 Å². The van der Waals surface area contributed by atoms with E-state index in [1.807, 2.05) is 0 Å². The van der Waals surface area contributed by atoms with Crippen molar-refractivity contribution in [2.45, 2.75) is 5.92 Å². The molecular formula is C9H2F6. The molecule has 6 heteroatoms. The second-order valence-electron chi connectivity index (χ2n) is 3.00. The average molecular weight is 224 g/mol. The normalized spacial score (nSPS) is 16.9. The molecular weight excluding hydrogens is 222 g/mol. The summed E-state index contributed by atoms with van der Waals surface area (Å²) in [6.07, 6.45) is 0.707. The van der Waals surface area contributed by atoms with Crippen LogP contribution in [0.25, 0.3) is 6.08 Å². The lowest BCUT2D eigenvalue weighted by atomic mass is 10.1. The summed E-state index contributed by atoms with van der Waals surface area (Å²) in [5.41, 5.74) is -2.41. The molecule has 0 N–H and O–H groups in total. The molecule has 80 valence electrons. The molecule has 1 aliphatic carbocycles. The van der Waals surface area contributed by atoms with Gasteiger partial charge in [0.25, 0.3) is 5.92 Å². The van der Waals surface area contributed by atoms with Crippen molar-refractivity contribution >= 4 is 6.08 Å². The molecule has 0 saturated heterocycles. The minimum absolute atomic E-state index is 0.183. The van der Waals surface area contributed by atoms with Crippen molar-refractivity contribution in [2.24, 2.45) is 0 Å². The molecule has 0 saturated carbocycles. The van der Waals surface area contributed by atoms with Crippen molar-refractivity contribution in [3.8, 4) is 0 Å². The highest BCUT2D eigenvalue weighted by Gasteiger charge is 2.42. The van der Waals surface area contributed by atoms with Gasteiger partial charge < -0.3 is 0 Å². The highest BCUT2D eigenvalue weighted by Crippen LogP contribution is 2.42. The Balaban J connectivity index is 2.87. The molecule has 0 bridgehead atoms. The predicted octanol–water partition coefficient (Wildman–Crippen LogP) is 3.36. The van der Waals surface area contributed by atoms with Gasteiger partial charge in [-0.15, -0.1) is 0 Å². The highest BCUT2D eigenvalue weighted by atomic mass is 19.3. The third-order valence-corrected chi connectivity index (χ3v) is 2.10. The fourth-order valence-electron chi connectivity index (χ4n) is 1.40. The second kappa shape index (κ2) is 2.77. The van der Waals surface area contributed by atoms with E-state index in [4.69, 9.17) is 0 Å². The maximum atomic E-state index is 12.9. The number of hydrogen-bond donors (Lipinski definition) is 0. The lowest BCUT2D eigenvalue weighted by Gasteiger charge is -2.11. The molecule has 0 radical (unpaired) electrons. The topological polar surface area (TPSA) is 0 Å². The Morgan fingerprint density at radius 1 is 0.800 bits per heavy atom. The van der Waals surface area contributed by atoms with Crippen LogP contribution < -0.4 is 0 Å². The summed E-state index contributed by atoms with van der Waals surface area (Å²) in [5, 5.41) is 0. The number of alkyl halides is 2. The fraction of sp³-hybridized carbons (Fsp3) is 0.111.